The Labute approximate surface area is 164 Å². The van der Waals surface area contributed by atoms with E-state index in [1.165, 1.54) is 17.4 Å². The number of amides is 1. The zero-order chi connectivity index (χ0) is 18.5. The van der Waals surface area contributed by atoms with Crippen molar-refractivity contribution in [2.24, 2.45) is 0 Å². The molecule has 0 atom stereocenters. The van der Waals surface area contributed by atoms with Crippen LogP contribution in [0, 0.1) is 6.92 Å². The fraction of sp³-hybridized carbons (Fsp3) is 0.100. The molecule has 6 heteroatoms. The highest BCUT2D eigenvalue weighted by Gasteiger charge is 2.11. The lowest BCUT2D eigenvalue weighted by atomic mass is 10.1. The first-order valence-corrected chi connectivity index (χ1v) is 9.52. The van der Waals surface area contributed by atoms with Crippen molar-refractivity contribution in [1.29, 1.82) is 0 Å². The number of ether oxygens (including phenoxy) is 1. The predicted octanol–water partition coefficient (Wildman–Crippen LogP) is 5.54. The molecular formula is C20H17BrN2O2S. The summed E-state index contributed by atoms with van der Waals surface area (Å²) >= 11 is 4.89. The number of aryl methyl sites for hydroxylation is 1. The van der Waals surface area contributed by atoms with Gasteiger partial charge < -0.3 is 4.74 Å². The van der Waals surface area contributed by atoms with Gasteiger partial charge in [0.15, 0.2) is 5.13 Å². The molecule has 0 aliphatic heterocycles. The van der Waals surface area contributed by atoms with Crippen LogP contribution in [-0.2, 0) is 4.79 Å². The van der Waals surface area contributed by atoms with Crippen molar-refractivity contribution in [3.8, 4) is 17.0 Å². The topological polar surface area (TPSA) is 51.2 Å². The van der Waals surface area contributed by atoms with Crippen molar-refractivity contribution in [1.82, 2.24) is 4.98 Å². The van der Waals surface area contributed by atoms with Gasteiger partial charge in [-0.2, -0.15) is 0 Å². The molecule has 0 radical (unpaired) electrons. The second kappa shape index (κ2) is 8.29. The van der Waals surface area contributed by atoms with Gasteiger partial charge in [-0.05, 0) is 42.8 Å². The highest BCUT2D eigenvalue weighted by molar-refractivity contribution is 9.10. The van der Waals surface area contributed by atoms with Gasteiger partial charge in [-0.1, -0.05) is 40.2 Å². The number of carbonyl (C=O) groups is 1. The van der Waals surface area contributed by atoms with Gasteiger partial charge in [0.25, 0.3) is 0 Å². The summed E-state index contributed by atoms with van der Waals surface area (Å²) in [7, 11) is 1.62. The largest absolute Gasteiger partial charge is 0.497 e. The number of carbonyl (C=O) groups excluding carboxylic acids is 1. The minimum absolute atomic E-state index is 0.211. The molecule has 0 fully saturated rings. The van der Waals surface area contributed by atoms with Gasteiger partial charge in [0.2, 0.25) is 5.91 Å². The van der Waals surface area contributed by atoms with Gasteiger partial charge >= 0.3 is 0 Å². The molecule has 3 aromatic rings. The third-order valence-corrected chi connectivity index (χ3v) is 5.10. The van der Waals surface area contributed by atoms with Crippen LogP contribution in [-0.4, -0.2) is 18.0 Å². The Kier molecular flexibility index (Phi) is 5.85. The average molecular weight is 429 g/mol. The molecule has 0 aliphatic carbocycles. The second-order valence-electron chi connectivity index (χ2n) is 5.53. The summed E-state index contributed by atoms with van der Waals surface area (Å²) < 4.78 is 6.14. The molecular weight excluding hydrogens is 412 g/mol. The van der Waals surface area contributed by atoms with E-state index < -0.39 is 0 Å². The molecule has 2 aromatic carbocycles. The van der Waals surface area contributed by atoms with E-state index in [-0.39, 0.29) is 5.91 Å². The van der Waals surface area contributed by atoms with Gasteiger partial charge in [-0.3, -0.25) is 10.1 Å². The Morgan fingerprint density at radius 3 is 2.50 bits per heavy atom. The zero-order valence-electron chi connectivity index (χ0n) is 14.3. The highest BCUT2D eigenvalue weighted by atomic mass is 79.9. The van der Waals surface area contributed by atoms with Crippen LogP contribution in [0.4, 0.5) is 5.13 Å². The third-order valence-electron chi connectivity index (χ3n) is 3.69. The number of halogens is 1. The number of hydrogen-bond acceptors (Lipinski definition) is 4. The minimum Gasteiger partial charge on any atom is -0.497 e. The molecule has 26 heavy (non-hydrogen) atoms. The molecule has 0 bridgehead atoms. The van der Waals surface area contributed by atoms with Crippen molar-refractivity contribution < 1.29 is 9.53 Å². The van der Waals surface area contributed by atoms with E-state index in [2.05, 4.69) is 26.2 Å². The van der Waals surface area contributed by atoms with Crippen molar-refractivity contribution in [2.45, 2.75) is 6.92 Å². The number of aromatic nitrogens is 1. The predicted molar refractivity (Wildman–Crippen MR) is 111 cm³/mol. The number of thiazole rings is 1. The van der Waals surface area contributed by atoms with Crippen LogP contribution in [0.2, 0.25) is 0 Å². The van der Waals surface area contributed by atoms with Crippen molar-refractivity contribution in [2.75, 3.05) is 12.4 Å². The van der Waals surface area contributed by atoms with E-state index in [9.17, 15) is 4.79 Å². The monoisotopic (exact) mass is 428 g/mol. The molecule has 0 aliphatic rings. The average Bonchev–Trinajstić information content (AvgIpc) is 3.01. The van der Waals surface area contributed by atoms with Crippen LogP contribution in [0.5, 0.6) is 5.75 Å². The number of rotatable bonds is 5. The standard InChI is InChI=1S/C20H17BrN2O2S/c1-13-19(15-6-8-16(21)9-7-15)23-20(26-13)22-18(24)12-5-14-3-10-17(25-2)11-4-14/h3-12H,1-2H3,(H,22,23,24)/b12-5+. The molecule has 1 aromatic heterocycles. The van der Waals surface area contributed by atoms with E-state index >= 15 is 0 Å². The SMILES string of the molecule is COc1ccc(/C=C/C(=O)Nc2nc(-c3ccc(Br)cc3)c(C)s2)cc1. The summed E-state index contributed by atoms with van der Waals surface area (Å²) in [5.74, 6) is 0.572. The van der Waals surface area contributed by atoms with E-state index in [0.717, 1.165) is 31.9 Å². The highest BCUT2D eigenvalue weighted by Crippen LogP contribution is 2.31. The molecule has 0 unspecified atom stereocenters. The molecule has 1 amide bonds. The lowest BCUT2D eigenvalue weighted by molar-refractivity contribution is -0.111. The molecule has 0 saturated carbocycles. The fourth-order valence-corrected chi connectivity index (χ4v) is 3.46. The van der Waals surface area contributed by atoms with Gasteiger partial charge in [0, 0.05) is 21.0 Å². The van der Waals surface area contributed by atoms with Crippen LogP contribution in [0.25, 0.3) is 17.3 Å². The zero-order valence-corrected chi connectivity index (χ0v) is 16.7. The molecule has 1 heterocycles. The third kappa shape index (κ3) is 4.59. The molecule has 0 saturated heterocycles. The summed E-state index contributed by atoms with van der Waals surface area (Å²) in [5.41, 5.74) is 2.83. The Bertz CT molecular complexity index is 931. The summed E-state index contributed by atoms with van der Waals surface area (Å²) in [6.45, 7) is 2.00. The maximum atomic E-state index is 12.1. The number of hydrogen-bond donors (Lipinski definition) is 1. The number of methoxy groups -OCH3 is 1. The summed E-state index contributed by atoms with van der Waals surface area (Å²) in [5, 5.41) is 3.41. The first kappa shape index (κ1) is 18.4. The van der Waals surface area contributed by atoms with Crippen molar-refractivity contribution in [3.63, 3.8) is 0 Å². The number of benzene rings is 2. The normalized spacial score (nSPS) is 10.9. The van der Waals surface area contributed by atoms with Gasteiger partial charge in [0.05, 0.1) is 12.8 Å². The van der Waals surface area contributed by atoms with Crippen LogP contribution in [0.3, 0.4) is 0 Å². The number of nitrogens with one attached hydrogen (secondary N) is 1. The summed E-state index contributed by atoms with van der Waals surface area (Å²) in [6, 6.07) is 15.4. The smallest absolute Gasteiger partial charge is 0.250 e. The van der Waals surface area contributed by atoms with E-state index in [0.29, 0.717) is 5.13 Å². The maximum Gasteiger partial charge on any atom is 0.250 e. The maximum absolute atomic E-state index is 12.1. The lowest BCUT2D eigenvalue weighted by Crippen LogP contribution is -2.07. The number of anilines is 1. The Balaban J connectivity index is 1.68. The summed E-state index contributed by atoms with van der Waals surface area (Å²) in [4.78, 5) is 17.8. The Morgan fingerprint density at radius 2 is 1.85 bits per heavy atom. The lowest BCUT2D eigenvalue weighted by Gasteiger charge is -2.00. The Hall–Kier alpha value is -2.44. The van der Waals surface area contributed by atoms with Crippen molar-refractivity contribution in [3.05, 3.63) is 69.5 Å². The van der Waals surface area contributed by atoms with E-state index in [1.54, 1.807) is 13.2 Å². The Morgan fingerprint density at radius 1 is 1.15 bits per heavy atom. The minimum atomic E-state index is -0.211. The fourth-order valence-electron chi connectivity index (χ4n) is 2.36. The first-order valence-electron chi connectivity index (χ1n) is 7.91. The van der Waals surface area contributed by atoms with Crippen LogP contribution < -0.4 is 10.1 Å². The first-order chi connectivity index (χ1) is 12.5. The van der Waals surface area contributed by atoms with Gasteiger partial charge in [0.1, 0.15) is 5.75 Å². The molecule has 4 nitrogen and oxygen atoms in total. The molecule has 0 spiro atoms. The van der Waals surface area contributed by atoms with Crippen LogP contribution in [0.1, 0.15) is 10.4 Å². The van der Waals surface area contributed by atoms with Gasteiger partial charge in [-0.15, -0.1) is 11.3 Å². The van der Waals surface area contributed by atoms with Crippen molar-refractivity contribution >= 4 is 44.4 Å². The van der Waals surface area contributed by atoms with Crippen LogP contribution in [0.15, 0.2) is 59.1 Å². The quantitative estimate of drug-likeness (QED) is 0.542. The van der Waals surface area contributed by atoms with Crippen LogP contribution >= 0.6 is 27.3 Å². The molecule has 3 rings (SSSR count). The van der Waals surface area contributed by atoms with Gasteiger partial charge in [-0.25, -0.2) is 4.98 Å². The number of nitrogens with zero attached hydrogens (tertiary/aromatic N) is 1. The van der Waals surface area contributed by atoms with E-state index in [4.69, 9.17) is 4.74 Å². The molecule has 132 valence electrons. The summed E-state index contributed by atoms with van der Waals surface area (Å²) in [6.07, 6.45) is 3.25. The second-order valence-corrected chi connectivity index (χ2v) is 7.65. The van der Waals surface area contributed by atoms with E-state index in [1.807, 2.05) is 55.5 Å². The molecule has 1 N–H and O–H groups in total.